The number of nitrogens with zero attached hydrogens (tertiary/aromatic N) is 1. The van der Waals surface area contributed by atoms with E-state index in [9.17, 15) is 9.90 Å². The van der Waals surface area contributed by atoms with Gasteiger partial charge in [-0.2, -0.15) is 0 Å². The minimum Gasteiger partial charge on any atom is -0.394 e. The van der Waals surface area contributed by atoms with Crippen molar-refractivity contribution in [1.82, 2.24) is 10.2 Å². The minimum atomic E-state index is -0.343. The van der Waals surface area contributed by atoms with Crippen LogP contribution in [0.1, 0.15) is 20.8 Å². The highest BCUT2D eigenvalue weighted by Crippen LogP contribution is 2.20. The van der Waals surface area contributed by atoms with Crippen molar-refractivity contribution in [2.24, 2.45) is 0 Å². The van der Waals surface area contributed by atoms with Crippen molar-refractivity contribution < 1.29 is 19.4 Å². The molecule has 0 bridgehead atoms. The molecule has 0 radical (unpaired) electrons. The average Bonchev–Trinajstić information content (AvgIpc) is 2.26. The van der Waals surface area contributed by atoms with Gasteiger partial charge in [-0.15, -0.1) is 0 Å². The van der Waals surface area contributed by atoms with Crippen molar-refractivity contribution in [3.8, 4) is 0 Å². The number of aliphatic hydroxyl groups excluding tert-OH is 1. The van der Waals surface area contributed by atoms with Gasteiger partial charge in [0.25, 0.3) is 0 Å². The van der Waals surface area contributed by atoms with Crippen molar-refractivity contribution in [2.75, 3.05) is 40.0 Å². The van der Waals surface area contributed by atoms with Crippen LogP contribution in [0.15, 0.2) is 0 Å². The molecule has 19 heavy (non-hydrogen) atoms. The number of methoxy groups -OCH3 is 1. The number of hydrogen-bond acceptors (Lipinski definition) is 5. The first-order valence-corrected chi connectivity index (χ1v) is 6.65. The molecule has 1 saturated heterocycles. The fraction of sp³-hybridized carbons (Fsp3) is 0.923. The molecule has 2 atom stereocenters. The van der Waals surface area contributed by atoms with Crippen LogP contribution in [0, 0.1) is 0 Å². The van der Waals surface area contributed by atoms with Crippen LogP contribution in [0.3, 0.4) is 0 Å². The highest BCUT2D eigenvalue weighted by Gasteiger charge is 2.33. The van der Waals surface area contributed by atoms with Crippen molar-refractivity contribution in [1.29, 1.82) is 0 Å². The van der Waals surface area contributed by atoms with Crippen molar-refractivity contribution in [3.63, 3.8) is 0 Å². The van der Waals surface area contributed by atoms with E-state index in [4.69, 9.17) is 9.47 Å². The van der Waals surface area contributed by atoms with Gasteiger partial charge in [0, 0.05) is 26.2 Å². The average molecular weight is 274 g/mol. The topological polar surface area (TPSA) is 71.0 Å². The number of rotatable bonds is 6. The molecule has 112 valence electrons. The van der Waals surface area contributed by atoms with E-state index >= 15 is 0 Å². The maximum Gasteiger partial charge on any atom is 0.234 e. The Hall–Kier alpha value is -0.690. The SMILES string of the molecule is COCC(C)NC(=O)CN1CC(CO)OC(C)(C)C1. The standard InChI is InChI=1S/C13H26N2O4/c1-10(8-18-4)14-12(17)6-15-5-11(7-16)19-13(2,3)9-15/h10-11,16H,5-9H2,1-4H3,(H,14,17). The van der Waals surface area contributed by atoms with E-state index < -0.39 is 0 Å². The van der Waals surface area contributed by atoms with Crippen LogP contribution in [0.2, 0.25) is 0 Å². The molecule has 0 aromatic heterocycles. The van der Waals surface area contributed by atoms with Crippen LogP contribution >= 0.6 is 0 Å². The van der Waals surface area contributed by atoms with Gasteiger partial charge in [0.1, 0.15) is 0 Å². The van der Waals surface area contributed by atoms with Gasteiger partial charge in [-0.1, -0.05) is 0 Å². The van der Waals surface area contributed by atoms with E-state index in [0.717, 1.165) is 0 Å². The first kappa shape index (κ1) is 16.4. The van der Waals surface area contributed by atoms with Gasteiger partial charge in [-0.05, 0) is 20.8 Å². The molecule has 1 aliphatic rings. The van der Waals surface area contributed by atoms with Gasteiger partial charge in [-0.3, -0.25) is 9.69 Å². The Labute approximate surface area is 115 Å². The molecule has 1 rings (SSSR count). The Morgan fingerprint density at radius 2 is 2.32 bits per heavy atom. The Morgan fingerprint density at radius 3 is 2.89 bits per heavy atom. The van der Waals surface area contributed by atoms with E-state index in [1.807, 2.05) is 25.7 Å². The molecular formula is C13H26N2O4. The second kappa shape index (κ2) is 7.19. The lowest BCUT2D eigenvalue weighted by molar-refractivity contribution is -0.153. The largest absolute Gasteiger partial charge is 0.394 e. The van der Waals surface area contributed by atoms with E-state index in [0.29, 0.717) is 26.2 Å². The van der Waals surface area contributed by atoms with Crippen LogP contribution in [0.25, 0.3) is 0 Å². The number of aliphatic hydroxyl groups is 1. The summed E-state index contributed by atoms with van der Waals surface area (Å²) in [5.74, 6) is -0.0288. The molecule has 1 amide bonds. The molecular weight excluding hydrogens is 248 g/mol. The quantitative estimate of drug-likeness (QED) is 0.690. The van der Waals surface area contributed by atoms with Crippen LogP contribution in [0.4, 0.5) is 0 Å². The summed E-state index contributed by atoms with van der Waals surface area (Å²) >= 11 is 0. The number of nitrogens with one attached hydrogen (secondary N) is 1. The third kappa shape index (κ3) is 5.86. The molecule has 1 fully saturated rings. The Morgan fingerprint density at radius 1 is 1.63 bits per heavy atom. The highest BCUT2D eigenvalue weighted by atomic mass is 16.5. The first-order valence-electron chi connectivity index (χ1n) is 6.65. The zero-order valence-electron chi connectivity index (χ0n) is 12.3. The van der Waals surface area contributed by atoms with Gasteiger partial charge in [0.15, 0.2) is 0 Å². The van der Waals surface area contributed by atoms with Crippen molar-refractivity contribution in [3.05, 3.63) is 0 Å². The lowest BCUT2D eigenvalue weighted by Crippen LogP contribution is -2.56. The van der Waals surface area contributed by atoms with Gasteiger partial charge < -0.3 is 19.9 Å². The third-order valence-corrected chi connectivity index (χ3v) is 2.95. The van der Waals surface area contributed by atoms with Crippen LogP contribution in [-0.4, -0.2) is 73.6 Å². The summed E-state index contributed by atoms with van der Waals surface area (Å²) in [5, 5.41) is 12.1. The number of ether oxygens (including phenoxy) is 2. The summed E-state index contributed by atoms with van der Waals surface area (Å²) in [4.78, 5) is 13.9. The normalized spacial score (nSPS) is 25.0. The number of hydrogen-bond donors (Lipinski definition) is 2. The predicted molar refractivity (Wildman–Crippen MR) is 72.0 cm³/mol. The van der Waals surface area contributed by atoms with E-state index in [1.165, 1.54) is 0 Å². The van der Waals surface area contributed by atoms with Gasteiger partial charge in [-0.25, -0.2) is 0 Å². The molecule has 2 N–H and O–H groups in total. The Balaban J connectivity index is 2.44. The van der Waals surface area contributed by atoms with E-state index in [2.05, 4.69) is 5.32 Å². The molecule has 0 saturated carbocycles. The molecule has 6 nitrogen and oxygen atoms in total. The van der Waals surface area contributed by atoms with Gasteiger partial charge in [0.05, 0.1) is 31.5 Å². The number of amides is 1. The summed E-state index contributed by atoms with van der Waals surface area (Å²) in [5.41, 5.74) is -0.343. The van der Waals surface area contributed by atoms with Crippen LogP contribution in [-0.2, 0) is 14.3 Å². The van der Waals surface area contributed by atoms with E-state index in [-0.39, 0.29) is 30.3 Å². The molecule has 2 unspecified atom stereocenters. The van der Waals surface area contributed by atoms with Crippen molar-refractivity contribution in [2.45, 2.75) is 38.5 Å². The lowest BCUT2D eigenvalue weighted by Gasteiger charge is -2.42. The van der Waals surface area contributed by atoms with Crippen LogP contribution < -0.4 is 5.32 Å². The maximum absolute atomic E-state index is 11.9. The van der Waals surface area contributed by atoms with Gasteiger partial charge >= 0.3 is 0 Å². The molecule has 0 spiro atoms. The predicted octanol–water partition coefficient (Wildman–Crippen LogP) is -0.391. The molecule has 0 aromatic carbocycles. The maximum atomic E-state index is 11.9. The molecule has 1 aliphatic heterocycles. The molecule has 0 aliphatic carbocycles. The highest BCUT2D eigenvalue weighted by molar-refractivity contribution is 5.78. The zero-order valence-corrected chi connectivity index (χ0v) is 12.3. The summed E-state index contributed by atoms with van der Waals surface area (Å²) in [6.07, 6.45) is -0.229. The lowest BCUT2D eigenvalue weighted by atomic mass is 10.1. The molecule has 0 aromatic rings. The number of carbonyl (C=O) groups excluding carboxylic acids is 1. The van der Waals surface area contributed by atoms with Crippen LogP contribution in [0.5, 0.6) is 0 Å². The Kier molecular flexibility index (Phi) is 6.19. The number of morpholine rings is 1. The Bertz CT molecular complexity index is 296. The monoisotopic (exact) mass is 274 g/mol. The van der Waals surface area contributed by atoms with Gasteiger partial charge in [0.2, 0.25) is 5.91 Å². The summed E-state index contributed by atoms with van der Waals surface area (Å²) in [7, 11) is 1.61. The second-order valence-electron chi connectivity index (χ2n) is 5.78. The fourth-order valence-electron chi connectivity index (χ4n) is 2.45. The third-order valence-electron chi connectivity index (χ3n) is 2.95. The first-order chi connectivity index (χ1) is 8.86. The zero-order chi connectivity index (χ0) is 14.5. The van der Waals surface area contributed by atoms with Crippen molar-refractivity contribution >= 4 is 5.91 Å². The fourth-order valence-corrected chi connectivity index (χ4v) is 2.45. The summed E-state index contributed by atoms with van der Waals surface area (Å²) < 4.78 is 10.7. The summed E-state index contributed by atoms with van der Waals surface area (Å²) in [6.45, 7) is 7.88. The minimum absolute atomic E-state index is 0.000175. The summed E-state index contributed by atoms with van der Waals surface area (Å²) in [6, 6.07) is 0.000175. The smallest absolute Gasteiger partial charge is 0.234 e. The molecule has 6 heteroatoms. The number of carbonyl (C=O) groups is 1. The second-order valence-corrected chi connectivity index (χ2v) is 5.78. The molecule has 1 heterocycles. The van der Waals surface area contributed by atoms with E-state index in [1.54, 1.807) is 7.11 Å².